The standard InChI is InChI=1S/C12H17BrN2O/c1-2-3-7-11(14)12(16)15-10-6-4-5-9(13)8-10/h4-6,8,11H,2-3,7,14H2,1H3,(H,15,16). The summed E-state index contributed by atoms with van der Waals surface area (Å²) in [6.07, 6.45) is 2.77. The lowest BCUT2D eigenvalue weighted by atomic mass is 10.1. The van der Waals surface area contributed by atoms with E-state index < -0.39 is 6.04 Å². The molecule has 0 radical (unpaired) electrons. The molecule has 0 bridgehead atoms. The van der Waals surface area contributed by atoms with E-state index in [9.17, 15) is 4.79 Å². The van der Waals surface area contributed by atoms with E-state index >= 15 is 0 Å². The van der Waals surface area contributed by atoms with Gasteiger partial charge in [0.05, 0.1) is 6.04 Å². The molecular formula is C12H17BrN2O. The first-order chi connectivity index (χ1) is 7.63. The number of nitrogens with two attached hydrogens (primary N) is 1. The lowest BCUT2D eigenvalue weighted by Crippen LogP contribution is -2.35. The summed E-state index contributed by atoms with van der Waals surface area (Å²) in [5.41, 5.74) is 6.54. The Morgan fingerprint density at radius 2 is 2.31 bits per heavy atom. The highest BCUT2D eigenvalue weighted by Gasteiger charge is 2.12. The first-order valence-corrected chi connectivity index (χ1v) is 6.24. The normalized spacial score (nSPS) is 12.2. The average molecular weight is 285 g/mol. The molecule has 1 amide bonds. The highest BCUT2D eigenvalue weighted by molar-refractivity contribution is 9.10. The van der Waals surface area contributed by atoms with Crippen molar-refractivity contribution in [1.29, 1.82) is 0 Å². The van der Waals surface area contributed by atoms with Crippen molar-refractivity contribution < 1.29 is 4.79 Å². The highest BCUT2D eigenvalue weighted by atomic mass is 79.9. The van der Waals surface area contributed by atoms with Gasteiger partial charge in [-0.15, -0.1) is 0 Å². The average Bonchev–Trinajstić information content (AvgIpc) is 2.25. The molecule has 0 aliphatic rings. The minimum atomic E-state index is -0.418. The molecule has 0 saturated heterocycles. The zero-order chi connectivity index (χ0) is 12.0. The van der Waals surface area contributed by atoms with E-state index in [1.807, 2.05) is 24.3 Å². The predicted octanol–water partition coefficient (Wildman–Crippen LogP) is 2.91. The van der Waals surface area contributed by atoms with Gasteiger partial charge >= 0.3 is 0 Å². The largest absolute Gasteiger partial charge is 0.325 e. The SMILES string of the molecule is CCCCC(N)C(=O)Nc1cccc(Br)c1. The molecule has 1 aromatic carbocycles. The van der Waals surface area contributed by atoms with Gasteiger partial charge in [-0.3, -0.25) is 4.79 Å². The zero-order valence-electron chi connectivity index (χ0n) is 9.37. The number of hydrogen-bond acceptors (Lipinski definition) is 2. The van der Waals surface area contributed by atoms with E-state index in [1.165, 1.54) is 0 Å². The Morgan fingerprint density at radius 1 is 1.56 bits per heavy atom. The van der Waals surface area contributed by atoms with Crippen LogP contribution in [0.5, 0.6) is 0 Å². The molecular weight excluding hydrogens is 268 g/mol. The molecule has 1 unspecified atom stereocenters. The Bertz CT molecular complexity index is 355. The molecule has 0 saturated carbocycles. The van der Waals surface area contributed by atoms with Gasteiger partial charge in [-0.2, -0.15) is 0 Å². The van der Waals surface area contributed by atoms with Crippen molar-refractivity contribution in [3.63, 3.8) is 0 Å². The van der Waals surface area contributed by atoms with Crippen LogP contribution in [0.4, 0.5) is 5.69 Å². The van der Waals surface area contributed by atoms with Gasteiger partial charge in [-0.1, -0.05) is 41.8 Å². The van der Waals surface area contributed by atoms with Crippen molar-refractivity contribution in [1.82, 2.24) is 0 Å². The summed E-state index contributed by atoms with van der Waals surface area (Å²) < 4.78 is 0.937. The number of anilines is 1. The molecule has 1 aromatic rings. The van der Waals surface area contributed by atoms with Crippen LogP contribution >= 0.6 is 15.9 Å². The first kappa shape index (κ1) is 13.2. The Labute approximate surface area is 105 Å². The van der Waals surface area contributed by atoms with Gasteiger partial charge in [0.1, 0.15) is 0 Å². The number of rotatable bonds is 5. The monoisotopic (exact) mass is 284 g/mol. The van der Waals surface area contributed by atoms with Crippen LogP contribution in [0.15, 0.2) is 28.7 Å². The summed E-state index contributed by atoms with van der Waals surface area (Å²) in [6.45, 7) is 2.08. The number of benzene rings is 1. The van der Waals surface area contributed by atoms with Crippen molar-refractivity contribution in [2.45, 2.75) is 32.2 Å². The maximum Gasteiger partial charge on any atom is 0.241 e. The second-order valence-electron chi connectivity index (χ2n) is 3.75. The van der Waals surface area contributed by atoms with Crippen LogP contribution in [0.25, 0.3) is 0 Å². The summed E-state index contributed by atoms with van der Waals surface area (Å²) >= 11 is 3.35. The van der Waals surface area contributed by atoms with Crippen LogP contribution < -0.4 is 11.1 Å². The molecule has 4 heteroatoms. The van der Waals surface area contributed by atoms with Crippen molar-refractivity contribution in [3.05, 3.63) is 28.7 Å². The Hall–Kier alpha value is -0.870. The smallest absolute Gasteiger partial charge is 0.241 e. The van der Waals surface area contributed by atoms with E-state index in [4.69, 9.17) is 5.73 Å². The van der Waals surface area contributed by atoms with Crippen LogP contribution in [0, 0.1) is 0 Å². The summed E-state index contributed by atoms with van der Waals surface area (Å²) in [4.78, 5) is 11.7. The van der Waals surface area contributed by atoms with E-state index in [2.05, 4.69) is 28.2 Å². The van der Waals surface area contributed by atoms with Crippen molar-refractivity contribution >= 4 is 27.5 Å². The number of nitrogens with one attached hydrogen (secondary N) is 1. The van der Waals surface area contributed by atoms with Crippen LogP contribution in [0.2, 0.25) is 0 Å². The van der Waals surface area contributed by atoms with Gasteiger partial charge in [-0.25, -0.2) is 0 Å². The summed E-state index contributed by atoms with van der Waals surface area (Å²) in [6, 6.07) is 7.06. The van der Waals surface area contributed by atoms with Crippen molar-refractivity contribution in [3.8, 4) is 0 Å². The fourth-order valence-corrected chi connectivity index (χ4v) is 1.76. The molecule has 0 fully saturated rings. The molecule has 0 spiro atoms. The van der Waals surface area contributed by atoms with Crippen LogP contribution in [-0.4, -0.2) is 11.9 Å². The van der Waals surface area contributed by atoms with Gasteiger partial charge in [0, 0.05) is 10.2 Å². The molecule has 0 aliphatic heterocycles. The third-order valence-corrected chi connectivity index (χ3v) is 2.79. The van der Waals surface area contributed by atoms with Gasteiger partial charge < -0.3 is 11.1 Å². The van der Waals surface area contributed by atoms with E-state index in [0.29, 0.717) is 0 Å². The minimum absolute atomic E-state index is 0.119. The molecule has 3 N–H and O–H groups in total. The predicted molar refractivity (Wildman–Crippen MR) is 70.3 cm³/mol. The number of halogens is 1. The maximum atomic E-state index is 11.7. The van der Waals surface area contributed by atoms with Gasteiger partial charge in [-0.05, 0) is 24.6 Å². The number of hydrogen-bond donors (Lipinski definition) is 2. The lowest BCUT2D eigenvalue weighted by Gasteiger charge is -2.11. The number of carbonyl (C=O) groups is 1. The number of amides is 1. The van der Waals surface area contributed by atoms with Crippen LogP contribution in [0.1, 0.15) is 26.2 Å². The topological polar surface area (TPSA) is 55.1 Å². The molecule has 88 valence electrons. The number of carbonyl (C=O) groups excluding carboxylic acids is 1. The van der Waals surface area contributed by atoms with Crippen LogP contribution in [-0.2, 0) is 4.79 Å². The van der Waals surface area contributed by atoms with E-state index in [0.717, 1.165) is 29.4 Å². The van der Waals surface area contributed by atoms with Gasteiger partial charge in [0.15, 0.2) is 0 Å². The Morgan fingerprint density at radius 3 is 2.94 bits per heavy atom. The second kappa shape index (κ2) is 6.66. The molecule has 1 atom stereocenters. The lowest BCUT2D eigenvalue weighted by molar-refractivity contribution is -0.117. The van der Waals surface area contributed by atoms with Gasteiger partial charge in [0.2, 0.25) is 5.91 Å². The zero-order valence-corrected chi connectivity index (χ0v) is 11.0. The fourth-order valence-electron chi connectivity index (χ4n) is 1.36. The summed E-state index contributed by atoms with van der Waals surface area (Å²) in [7, 11) is 0. The molecule has 0 aromatic heterocycles. The first-order valence-electron chi connectivity index (χ1n) is 5.45. The molecule has 16 heavy (non-hydrogen) atoms. The highest BCUT2D eigenvalue weighted by Crippen LogP contribution is 2.15. The third-order valence-electron chi connectivity index (χ3n) is 2.30. The molecule has 0 heterocycles. The number of unbranched alkanes of at least 4 members (excludes halogenated alkanes) is 1. The maximum absolute atomic E-state index is 11.7. The van der Waals surface area contributed by atoms with Crippen molar-refractivity contribution in [2.24, 2.45) is 5.73 Å². The van der Waals surface area contributed by atoms with Crippen molar-refractivity contribution in [2.75, 3.05) is 5.32 Å². The minimum Gasteiger partial charge on any atom is -0.325 e. The van der Waals surface area contributed by atoms with E-state index in [1.54, 1.807) is 0 Å². The summed E-state index contributed by atoms with van der Waals surface area (Å²) in [5, 5.41) is 2.80. The summed E-state index contributed by atoms with van der Waals surface area (Å²) in [5.74, 6) is -0.119. The fraction of sp³-hybridized carbons (Fsp3) is 0.417. The third kappa shape index (κ3) is 4.33. The second-order valence-corrected chi connectivity index (χ2v) is 4.66. The quantitative estimate of drug-likeness (QED) is 0.874. The Kier molecular flexibility index (Phi) is 5.49. The van der Waals surface area contributed by atoms with Crippen LogP contribution in [0.3, 0.4) is 0 Å². The molecule has 1 rings (SSSR count). The Balaban J connectivity index is 2.50. The molecule has 3 nitrogen and oxygen atoms in total. The van der Waals surface area contributed by atoms with E-state index in [-0.39, 0.29) is 5.91 Å². The molecule has 0 aliphatic carbocycles. The van der Waals surface area contributed by atoms with Gasteiger partial charge in [0.25, 0.3) is 0 Å².